The van der Waals surface area contributed by atoms with Crippen LogP contribution in [0.5, 0.6) is 0 Å². The van der Waals surface area contributed by atoms with Crippen molar-refractivity contribution in [2.75, 3.05) is 25.4 Å². The molecule has 1 aliphatic rings. The summed E-state index contributed by atoms with van der Waals surface area (Å²) in [4.78, 5) is 15.6. The maximum atomic E-state index is 12.5. The van der Waals surface area contributed by atoms with Gasteiger partial charge in [0.05, 0.1) is 13.2 Å². The molecule has 1 saturated heterocycles. The van der Waals surface area contributed by atoms with Crippen LogP contribution in [0.25, 0.3) is 0 Å². The molecule has 4 heteroatoms. The van der Waals surface area contributed by atoms with Crippen molar-refractivity contribution in [1.29, 1.82) is 0 Å². The third-order valence-electron chi connectivity index (χ3n) is 4.20. The Bertz CT molecular complexity index is 657. The Morgan fingerprint density at radius 3 is 2.67 bits per heavy atom. The van der Waals surface area contributed by atoms with E-state index >= 15 is 0 Å². The van der Waals surface area contributed by atoms with E-state index in [0.29, 0.717) is 26.1 Å². The zero-order chi connectivity index (χ0) is 16.8. The molecule has 0 N–H and O–H groups in total. The maximum absolute atomic E-state index is 12.5. The van der Waals surface area contributed by atoms with Crippen molar-refractivity contribution in [2.24, 2.45) is 0 Å². The molecular weight excluding hydrogens is 318 g/mol. The van der Waals surface area contributed by atoms with Crippen LogP contribution in [0.3, 0.4) is 0 Å². The first-order valence-electron chi connectivity index (χ1n) is 8.36. The highest BCUT2D eigenvalue weighted by Gasteiger charge is 2.25. The van der Waals surface area contributed by atoms with E-state index in [1.807, 2.05) is 23.1 Å². The summed E-state index contributed by atoms with van der Waals surface area (Å²) in [5.74, 6) is 1.04. The number of aryl methyl sites for hydroxylation is 1. The molecule has 1 fully saturated rings. The molecule has 0 aliphatic carbocycles. The molecule has 24 heavy (non-hydrogen) atoms. The van der Waals surface area contributed by atoms with Gasteiger partial charge in [-0.2, -0.15) is 0 Å². The highest BCUT2D eigenvalue weighted by atomic mass is 32.2. The summed E-state index contributed by atoms with van der Waals surface area (Å²) in [6.07, 6.45) is 0.560. The van der Waals surface area contributed by atoms with Crippen molar-refractivity contribution in [2.45, 2.75) is 24.3 Å². The molecule has 0 saturated carbocycles. The number of hydrogen-bond donors (Lipinski definition) is 0. The van der Waals surface area contributed by atoms with Gasteiger partial charge >= 0.3 is 0 Å². The zero-order valence-corrected chi connectivity index (χ0v) is 14.8. The van der Waals surface area contributed by atoms with Crippen LogP contribution in [0.15, 0.2) is 59.5 Å². The average Bonchev–Trinajstić information content (AvgIpc) is 2.63. The molecule has 2 aromatic carbocycles. The number of carbonyl (C=O) groups excluding carboxylic acids is 1. The summed E-state index contributed by atoms with van der Waals surface area (Å²) < 4.78 is 5.86. The lowest BCUT2D eigenvalue weighted by Gasteiger charge is -2.33. The SMILES string of the molecule is Cc1ccc(C2CN(C(=O)CCSc3ccccc3)CCO2)cc1. The van der Waals surface area contributed by atoms with Gasteiger partial charge in [0.25, 0.3) is 0 Å². The molecule has 2 aromatic rings. The van der Waals surface area contributed by atoms with E-state index in [0.717, 1.165) is 11.3 Å². The van der Waals surface area contributed by atoms with E-state index in [2.05, 4.69) is 43.3 Å². The fourth-order valence-corrected chi connectivity index (χ4v) is 3.65. The van der Waals surface area contributed by atoms with Gasteiger partial charge in [-0.25, -0.2) is 0 Å². The summed E-state index contributed by atoms with van der Waals surface area (Å²) in [5, 5.41) is 0. The predicted octanol–water partition coefficient (Wildman–Crippen LogP) is 4.08. The topological polar surface area (TPSA) is 29.5 Å². The Morgan fingerprint density at radius 1 is 1.17 bits per heavy atom. The van der Waals surface area contributed by atoms with Crippen LogP contribution in [0, 0.1) is 6.92 Å². The number of nitrogens with zero attached hydrogens (tertiary/aromatic N) is 1. The van der Waals surface area contributed by atoms with Crippen LogP contribution in [0.4, 0.5) is 0 Å². The molecule has 0 spiro atoms. The minimum Gasteiger partial charge on any atom is -0.370 e. The van der Waals surface area contributed by atoms with Gasteiger partial charge in [-0.1, -0.05) is 48.0 Å². The molecule has 0 aromatic heterocycles. The predicted molar refractivity (Wildman–Crippen MR) is 98.2 cm³/mol. The molecule has 1 heterocycles. The Hall–Kier alpha value is -1.78. The standard InChI is InChI=1S/C20H23NO2S/c1-16-7-9-17(10-8-16)19-15-21(12-13-23-19)20(22)11-14-24-18-5-3-2-4-6-18/h2-10,19H,11-15H2,1H3. The lowest BCUT2D eigenvalue weighted by Crippen LogP contribution is -2.42. The number of morpholine rings is 1. The first-order chi connectivity index (χ1) is 11.7. The summed E-state index contributed by atoms with van der Waals surface area (Å²) in [5.41, 5.74) is 2.39. The van der Waals surface area contributed by atoms with Crippen LogP contribution < -0.4 is 0 Å². The smallest absolute Gasteiger partial charge is 0.223 e. The highest BCUT2D eigenvalue weighted by Crippen LogP contribution is 2.24. The molecule has 0 bridgehead atoms. The third-order valence-corrected chi connectivity index (χ3v) is 5.21. The van der Waals surface area contributed by atoms with Gasteiger partial charge in [0.1, 0.15) is 6.10 Å². The van der Waals surface area contributed by atoms with E-state index in [-0.39, 0.29) is 12.0 Å². The van der Waals surface area contributed by atoms with Crippen molar-refractivity contribution in [3.63, 3.8) is 0 Å². The van der Waals surface area contributed by atoms with E-state index in [4.69, 9.17) is 4.74 Å². The monoisotopic (exact) mass is 341 g/mol. The normalized spacial score (nSPS) is 17.7. The largest absolute Gasteiger partial charge is 0.370 e. The third kappa shape index (κ3) is 4.62. The zero-order valence-electron chi connectivity index (χ0n) is 14.0. The molecule has 0 radical (unpaired) electrons. The summed E-state index contributed by atoms with van der Waals surface area (Å²) in [7, 11) is 0. The molecule has 1 aliphatic heterocycles. The van der Waals surface area contributed by atoms with Gasteiger partial charge in [0, 0.05) is 23.6 Å². The maximum Gasteiger partial charge on any atom is 0.223 e. The van der Waals surface area contributed by atoms with Crippen molar-refractivity contribution in [1.82, 2.24) is 4.90 Å². The fourth-order valence-electron chi connectivity index (χ4n) is 2.79. The second-order valence-electron chi connectivity index (χ2n) is 6.02. The number of thioether (sulfide) groups is 1. The quantitative estimate of drug-likeness (QED) is 0.768. The summed E-state index contributed by atoms with van der Waals surface area (Å²) in [6.45, 7) is 4.02. The molecular formula is C20H23NO2S. The average molecular weight is 341 g/mol. The molecule has 126 valence electrons. The van der Waals surface area contributed by atoms with Gasteiger partial charge in [-0.05, 0) is 24.6 Å². The van der Waals surface area contributed by atoms with E-state index in [1.54, 1.807) is 11.8 Å². The second-order valence-corrected chi connectivity index (χ2v) is 7.19. The number of benzene rings is 2. The van der Waals surface area contributed by atoms with E-state index in [9.17, 15) is 4.79 Å². The number of hydrogen-bond acceptors (Lipinski definition) is 3. The molecule has 1 amide bonds. The van der Waals surface area contributed by atoms with Gasteiger partial charge in [0.15, 0.2) is 0 Å². The van der Waals surface area contributed by atoms with Crippen LogP contribution in [-0.2, 0) is 9.53 Å². The molecule has 1 unspecified atom stereocenters. The Labute approximate surface area is 148 Å². The van der Waals surface area contributed by atoms with Crippen molar-refractivity contribution < 1.29 is 9.53 Å². The summed E-state index contributed by atoms with van der Waals surface area (Å²) >= 11 is 1.73. The molecule has 3 nitrogen and oxygen atoms in total. The fraction of sp³-hybridized carbons (Fsp3) is 0.350. The minimum atomic E-state index is -0.00919. The second kappa shape index (κ2) is 8.36. The van der Waals surface area contributed by atoms with Crippen molar-refractivity contribution >= 4 is 17.7 Å². The number of ether oxygens (including phenoxy) is 1. The van der Waals surface area contributed by atoms with Gasteiger partial charge in [-0.15, -0.1) is 11.8 Å². The van der Waals surface area contributed by atoms with Crippen molar-refractivity contribution in [3.05, 3.63) is 65.7 Å². The van der Waals surface area contributed by atoms with Crippen molar-refractivity contribution in [3.8, 4) is 0 Å². The van der Waals surface area contributed by atoms with Crippen LogP contribution in [0.1, 0.15) is 23.7 Å². The van der Waals surface area contributed by atoms with E-state index in [1.165, 1.54) is 10.5 Å². The summed E-state index contributed by atoms with van der Waals surface area (Å²) in [6, 6.07) is 18.6. The van der Waals surface area contributed by atoms with Gasteiger partial charge in [-0.3, -0.25) is 4.79 Å². The molecule has 1 atom stereocenters. The number of carbonyl (C=O) groups is 1. The first kappa shape index (κ1) is 17.1. The Kier molecular flexibility index (Phi) is 5.94. The number of amides is 1. The lowest BCUT2D eigenvalue weighted by atomic mass is 10.1. The Morgan fingerprint density at radius 2 is 1.92 bits per heavy atom. The Balaban J connectivity index is 1.50. The first-order valence-corrected chi connectivity index (χ1v) is 9.35. The van der Waals surface area contributed by atoms with Crippen LogP contribution in [-0.4, -0.2) is 36.3 Å². The lowest BCUT2D eigenvalue weighted by molar-refractivity contribution is -0.138. The van der Waals surface area contributed by atoms with Crippen LogP contribution >= 0.6 is 11.8 Å². The van der Waals surface area contributed by atoms with Crippen LogP contribution in [0.2, 0.25) is 0 Å². The number of rotatable bonds is 5. The van der Waals surface area contributed by atoms with Gasteiger partial charge in [0.2, 0.25) is 5.91 Å². The van der Waals surface area contributed by atoms with E-state index < -0.39 is 0 Å². The molecule has 3 rings (SSSR count). The minimum absolute atomic E-state index is 0.00919. The van der Waals surface area contributed by atoms with Gasteiger partial charge < -0.3 is 9.64 Å². The highest BCUT2D eigenvalue weighted by molar-refractivity contribution is 7.99.